The number of aromatic nitrogens is 2. The molecule has 0 unspecified atom stereocenters. The zero-order valence-electron chi connectivity index (χ0n) is 30.6. The normalized spacial score (nSPS) is 21.0. The van der Waals surface area contributed by atoms with Crippen LogP contribution in [0.15, 0.2) is 42.7 Å². The number of nitrogens with zero attached hydrogens (tertiary/aromatic N) is 3. The molecule has 266 valence electrons. The predicted molar refractivity (Wildman–Crippen MR) is 198 cm³/mol. The van der Waals surface area contributed by atoms with E-state index in [0.717, 1.165) is 42.6 Å². The Balaban J connectivity index is 1.40. The maximum Gasteiger partial charge on any atom is 0.408 e. The number of pyridine rings is 2. The van der Waals surface area contributed by atoms with Gasteiger partial charge in [-0.25, -0.2) is 9.78 Å². The van der Waals surface area contributed by atoms with Crippen molar-refractivity contribution >= 4 is 48.3 Å². The fourth-order valence-corrected chi connectivity index (χ4v) is 7.80. The van der Waals surface area contributed by atoms with Crippen molar-refractivity contribution < 1.29 is 23.5 Å². The minimum atomic E-state index is -2.19. The standard InChI is InChI=1S/C37H54N6O5Si/c1-23-21-43(22-30(42-35(45)47-36(2,3)4)33(23)48-49(8,9)37(5,6)7)31-12-15-39-20-29(31)41-34(44)32-27(38)18-26-11-10-25(19-28(26)40-32)24-13-16-46-17-14-24/h10-12,15,18-20,23-24,30,33H,13-14,16-17,21-22,38H2,1-9H3,(H,41,44)(H,42,45)/t23-,30+,33+/m0/s1. The number of ether oxygens (including phenoxy) is 2. The van der Waals surface area contributed by atoms with Crippen molar-refractivity contribution in [2.75, 3.05) is 42.3 Å². The van der Waals surface area contributed by atoms with Crippen molar-refractivity contribution in [3.8, 4) is 0 Å². The minimum Gasteiger partial charge on any atom is -0.444 e. The summed E-state index contributed by atoms with van der Waals surface area (Å²) >= 11 is 0. The molecule has 4 N–H and O–H groups in total. The minimum absolute atomic E-state index is 0.00603. The number of carbonyl (C=O) groups excluding carboxylic acids is 2. The van der Waals surface area contributed by atoms with Gasteiger partial charge >= 0.3 is 6.09 Å². The van der Waals surface area contributed by atoms with Gasteiger partial charge in [-0.1, -0.05) is 39.8 Å². The van der Waals surface area contributed by atoms with Gasteiger partial charge in [0.25, 0.3) is 5.91 Å². The van der Waals surface area contributed by atoms with E-state index in [4.69, 9.17) is 24.6 Å². The molecule has 0 saturated carbocycles. The number of nitrogen functional groups attached to an aromatic ring is 1. The lowest BCUT2D eigenvalue weighted by molar-refractivity contribution is 0.0336. The molecule has 11 nitrogen and oxygen atoms in total. The molecule has 5 rings (SSSR count). The lowest BCUT2D eigenvalue weighted by Crippen LogP contribution is -2.63. The van der Waals surface area contributed by atoms with Crippen LogP contribution in [-0.4, -0.2) is 74.3 Å². The highest BCUT2D eigenvalue weighted by molar-refractivity contribution is 6.74. The number of alkyl carbamates (subject to hydrolysis) is 1. The first-order chi connectivity index (χ1) is 22.9. The van der Waals surface area contributed by atoms with Gasteiger partial charge in [0.15, 0.2) is 14.0 Å². The van der Waals surface area contributed by atoms with Crippen molar-refractivity contribution in [3.63, 3.8) is 0 Å². The zero-order chi connectivity index (χ0) is 35.7. The summed E-state index contributed by atoms with van der Waals surface area (Å²) in [6.45, 7) is 21.4. The van der Waals surface area contributed by atoms with Crippen LogP contribution >= 0.6 is 0 Å². The van der Waals surface area contributed by atoms with E-state index in [1.165, 1.54) is 5.56 Å². The maximum absolute atomic E-state index is 13.8. The second-order valence-electron chi connectivity index (χ2n) is 16.1. The van der Waals surface area contributed by atoms with Gasteiger partial charge in [-0.05, 0) is 81.4 Å². The van der Waals surface area contributed by atoms with Crippen molar-refractivity contribution in [1.82, 2.24) is 15.3 Å². The zero-order valence-corrected chi connectivity index (χ0v) is 31.6. The van der Waals surface area contributed by atoms with Crippen LogP contribution in [0.4, 0.5) is 21.9 Å². The quantitative estimate of drug-likeness (QED) is 0.222. The number of amides is 2. The molecule has 49 heavy (non-hydrogen) atoms. The van der Waals surface area contributed by atoms with E-state index in [0.29, 0.717) is 30.4 Å². The van der Waals surface area contributed by atoms with Crippen molar-refractivity contribution in [2.45, 2.75) is 103 Å². The van der Waals surface area contributed by atoms with Gasteiger partial charge in [0, 0.05) is 43.8 Å². The summed E-state index contributed by atoms with van der Waals surface area (Å²) in [6, 6.07) is 9.51. The Bertz CT molecular complexity index is 1660. The van der Waals surface area contributed by atoms with E-state index < -0.39 is 25.9 Å². The summed E-state index contributed by atoms with van der Waals surface area (Å²) in [5.74, 6) is 0.0279. The number of anilines is 3. The Hall–Kier alpha value is -3.74. The van der Waals surface area contributed by atoms with Crippen molar-refractivity contribution in [1.29, 1.82) is 0 Å². The number of nitrogens with one attached hydrogen (secondary N) is 2. The van der Waals surface area contributed by atoms with E-state index in [2.05, 4.69) is 73.4 Å². The maximum atomic E-state index is 13.8. The molecule has 0 radical (unpaired) electrons. The molecule has 3 atom stereocenters. The van der Waals surface area contributed by atoms with E-state index in [9.17, 15) is 9.59 Å². The van der Waals surface area contributed by atoms with Crippen LogP contribution < -0.4 is 21.3 Å². The van der Waals surface area contributed by atoms with Crippen molar-refractivity contribution in [2.24, 2.45) is 5.92 Å². The van der Waals surface area contributed by atoms with Crippen LogP contribution in [0.2, 0.25) is 18.1 Å². The van der Waals surface area contributed by atoms with Crippen LogP contribution in [0, 0.1) is 5.92 Å². The van der Waals surface area contributed by atoms with Crippen LogP contribution in [0.3, 0.4) is 0 Å². The Kier molecular flexibility index (Phi) is 10.6. The molecule has 12 heteroatoms. The third-order valence-corrected chi connectivity index (χ3v) is 14.5. The number of rotatable bonds is 7. The number of benzene rings is 1. The van der Waals surface area contributed by atoms with Gasteiger partial charge in [0.1, 0.15) is 5.60 Å². The SMILES string of the molecule is C[C@H]1CN(c2ccncc2NC(=O)c2nc3cc(C4CCOCC4)ccc3cc2N)C[C@@H](NC(=O)OC(C)(C)C)[C@@H]1O[Si](C)(C)C(C)(C)C. The number of nitrogens with two attached hydrogens (primary N) is 1. The summed E-state index contributed by atoms with van der Waals surface area (Å²) < 4.78 is 18.2. The van der Waals surface area contributed by atoms with Gasteiger partial charge in [0.05, 0.1) is 40.9 Å². The monoisotopic (exact) mass is 690 g/mol. The van der Waals surface area contributed by atoms with Gasteiger partial charge < -0.3 is 35.2 Å². The molecule has 0 spiro atoms. The van der Waals surface area contributed by atoms with Crippen LogP contribution in [0.5, 0.6) is 0 Å². The van der Waals surface area contributed by atoms with E-state index in [1.807, 2.05) is 32.9 Å². The summed E-state index contributed by atoms with van der Waals surface area (Å²) in [4.78, 5) is 38.1. The average Bonchev–Trinajstić information content (AvgIpc) is 3.01. The highest BCUT2D eigenvalue weighted by Gasteiger charge is 2.45. The van der Waals surface area contributed by atoms with Crippen LogP contribution in [0.25, 0.3) is 10.9 Å². The molecular weight excluding hydrogens is 637 g/mol. The van der Waals surface area contributed by atoms with E-state index in [-0.39, 0.29) is 28.8 Å². The molecule has 2 aliphatic heterocycles. The van der Waals surface area contributed by atoms with Gasteiger partial charge in [-0.3, -0.25) is 9.78 Å². The fourth-order valence-electron chi connectivity index (χ4n) is 6.37. The molecule has 1 aromatic carbocycles. The molecule has 2 amide bonds. The number of hydrogen-bond acceptors (Lipinski definition) is 9. The largest absolute Gasteiger partial charge is 0.444 e. The fraction of sp³-hybridized carbons (Fsp3) is 0.568. The van der Waals surface area contributed by atoms with Gasteiger partial charge in [-0.2, -0.15) is 0 Å². The Labute approximate surface area is 291 Å². The number of fused-ring (bicyclic) bond motifs is 1. The molecule has 2 aromatic heterocycles. The molecule has 2 saturated heterocycles. The molecule has 4 heterocycles. The van der Waals surface area contributed by atoms with Gasteiger partial charge in [0.2, 0.25) is 0 Å². The first-order valence-corrected chi connectivity index (χ1v) is 20.3. The third-order valence-electron chi connectivity index (χ3n) is 9.99. The van der Waals surface area contributed by atoms with Crippen LogP contribution in [0.1, 0.15) is 83.3 Å². The summed E-state index contributed by atoms with van der Waals surface area (Å²) in [6.07, 6.45) is 4.54. The number of carbonyl (C=O) groups is 2. The van der Waals surface area contributed by atoms with E-state index >= 15 is 0 Å². The van der Waals surface area contributed by atoms with Gasteiger partial charge in [-0.15, -0.1) is 0 Å². The van der Waals surface area contributed by atoms with Crippen LogP contribution in [-0.2, 0) is 13.9 Å². The Morgan fingerprint density at radius 2 is 1.76 bits per heavy atom. The lowest BCUT2D eigenvalue weighted by atomic mass is 9.91. The topological polar surface area (TPSA) is 141 Å². The second kappa shape index (κ2) is 14.2. The van der Waals surface area contributed by atoms with E-state index in [1.54, 1.807) is 18.5 Å². The molecule has 2 fully saturated rings. The highest BCUT2D eigenvalue weighted by Crippen LogP contribution is 2.40. The molecule has 2 aliphatic rings. The molecule has 0 bridgehead atoms. The summed E-state index contributed by atoms with van der Waals surface area (Å²) in [5.41, 5.74) is 9.43. The molecular formula is C37H54N6O5Si. The predicted octanol–water partition coefficient (Wildman–Crippen LogP) is 7.10. The first-order valence-electron chi connectivity index (χ1n) is 17.4. The summed E-state index contributed by atoms with van der Waals surface area (Å²) in [5, 5.41) is 7.04. The molecule has 0 aliphatic carbocycles. The third kappa shape index (κ3) is 8.71. The number of piperidine rings is 1. The lowest BCUT2D eigenvalue weighted by Gasteiger charge is -2.48. The summed E-state index contributed by atoms with van der Waals surface area (Å²) in [7, 11) is -2.19. The van der Waals surface area contributed by atoms with Crippen molar-refractivity contribution in [3.05, 3.63) is 54.0 Å². The highest BCUT2D eigenvalue weighted by atomic mass is 28.4. The molecule has 3 aromatic rings. The second-order valence-corrected chi connectivity index (χ2v) is 20.8. The Morgan fingerprint density at radius 1 is 1.04 bits per heavy atom. The number of hydrogen-bond donors (Lipinski definition) is 3. The smallest absolute Gasteiger partial charge is 0.408 e. The average molecular weight is 691 g/mol. The first kappa shape index (κ1) is 36.5. The Morgan fingerprint density at radius 3 is 2.43 bits per heavy atom.